The molecule has 1 aliphatic rings. The van der Waals surface area contributed by atoms with Crippen LogP contribution in [0.25, 0.3) is 22.3 Å². The van der Waals surface area contributed by atoms with Gasteiger partial charge in [-0.05, 0) is 58.9 Å². The Hall–Kier alpha value is -2.87. The van der Waals surface area contributed by atoms with Crippen molar-refractivity contribution in [3.63, 3.8) is 0 Å². The lowest BCUT2D eigenvalue weighted by Crippen LogP contribution is -2.22. The fourth-order valence-electron chi connectivity index (χ4n) is 3.49. The molecule has 1 N–H and O–H groups in total. The molecule has 0 saturated heterocycles. The Morgan fingerprint density at radius 3 is 2.38 bits per heavy atom. The summed E-state index contributed by atoms with van der Waals surface area (Å²) in [6, 6.07) is 23.0. The van der Waals surface area contributed by atoms with Crippen molar-refractivity contribution in [2.75, 3.05) is 6.54 Å². The molecular weight excluding hydrogens is 294 g/mol. The van der Waals surface area contributed by atoms with Crippen LogP contribution in [0.2, 0.25) is 0 Å². The standard InChI is InChI=1S/C22H19NO/c1-2-23-22(24)16-12-10-15(11-13-16)18-8-5-9-20-19-7-4-3-6-17(19)14-21(18)20/h3-13H,2,14H2,1H3,(H,23,24). The third-order valence-electron chi connectivity index (χ3n) is 4.65. The number of rotatable bonds is 3. The molecule has 0 bridgehead atoms. The lowest BCUT2D eigenvalue weighted by atomic mass is 9.95. The maximum Gasteiger partial charge on any atom is 0.251 e. The molecule has 0 heterocycles. The maximum absolute atomic E-state index is 11.9. The minimum Gasteiger partial charge on any atom is -0.352 e. The highest BCUT2D eigenvalue weighted by Crippen LogP contribution is 2.41. The molecule has 0 unspecified atom stereocenters. The molecule has 0 fully saturated rings. The molecule has 3 aromatic carbocycles. The van der Waals surface area contributed by atoms with Crippen LogP contribution in [0.15, 0.2) is 66.7 Å². The van der Waals surface area contributed by atoms with Gasteiger partial charge in [0.05, 0.1) is 0 Å². The third kappa shape index (κ3) is 2.41. The molecule has 2 nitrogen and oxygen atoms in total. The van der Waals surface area contributed by atoms with E-state index in [2.05, 4.69) is 47.8 Å². The quantitative estimate of drug-likeness (QED) is 0.585. The molecule has 118 valence electrons. The smallest absolute Gasteiger partial charge is 0.251 e. The second-order valence-electron chi connectivity index (χ2n) is 6.10. The number of benzene rings is 3. The number of nitrogens with one attached hydrogen (secondary N) is 1. The van der Waals surface area contributed by atoms with Gasteiger partial charge in [0, 0.05) is 12.1 Å². The molecule has 4 rings (SSSR count). The van der Waals surface area contributed by atoms with E-state index in [9.17, 15) is 4.79 Å². The fraction of sp³-hybridized carbons (Fsp3) is 0.136. The molecule has 0 aromatic heterocycles. The third-order valence-corrected chi connectivity index (χ3v) is 4.65. The van der Waals surface area contributed by atoms with Crippen LogP contribution in [0.5, 0.6) is 0 Å². The Bertz CT molecular complexity index is 910. The predicted octanol–water partition coefficient (Wildman–Crippen LogP) is 4.67. The highest BCUT2D eigenvalue weighted by atomic mass is 16.1. The van der Waals surface area contributed by atoms with Crippen molar-refractivity contribution < 1.29 is 4.79 Å². The van der Waals surface area contributed by atoms with Gasteiger partial charge in [-0.2, -0.15) is 0 Å². The molecular formula is C22H19NO. The Morgan fingerprint density at radius 1 is 0.875 bits per heavy atom. The molecule has 2 heteroatoms. The van der Waals surface area contributed by atoms with E-state index in [1.165, 1.54) is 27.8 Å². The molecule has 0 saturated carbocycles. The number of fused-ring (bicyclic) bond motifs is 3. The van der Waals surface area contributed by atoms with Crippen molar-refractivity contribution in [2.24, 2.45) is 0 Å². The summed E-state index contributed by atoms with van der Waals surface area (Å²) >= 11 is 0. The second-order valence-corrected chi connectivity index (χ2v) is 6.10. The monoisotopic (exact) mass is 313 g/mol. The van der Waals surface area contributed by atoms with Crippen LogP contribution < -0.4 is 5.32 Å². The van der Waals surface area contributed by atoms with E-state index in [0.717, 1.165) is 12.0 Å². The van der Waals surface area contributed by atoms with Crippen LogP contribution in [-0.4, -0.2) is 12.5 Å². The Labute approximate surface area is 142 Å². The van der Waals surface area contributed by atoms with Crippen LogP contribution >= 0.6 is 0 Å². The maximum atomic E-state index is 11.9. The second kappa shape index (κ2) is 5.97. The molecule has 3 aromatic rings. The summed E-state index contributed by atoms with van der Waals surface area (Å²) < 4.78 is 0. The van der Waals surface area contributed by atoms with E-state index in [1.807, 2.05) is 31.2 Å². The molecule has 1 amide bonds. The van der Waals surface area contributed by atoms with Gasteiger partial charge in [-0.3, -0.25) is 4.79 Å². The van der Waals surface area contributed by atoms with Crippen LogP contribution in [-0.2, 0) is 6.42 Å². The summed E-state index contributed by atoms with van der Waals surface area (Å²) in [6.07, 6.45) is 0.972. The van der Waals surface area contributed by atoms with Gasteiger partial charge < -0.3 is 5.32 Å². The van der Waals surface area contributed by atoms with Crippen LogP contribution in [0, 0.1) is 0 Å². The number of amides is 1. The summed E-state index contributed by atoms with van der Waals surface area (Å²) in [7, 11) is 0. The van der Waals surface area contributed by atoms with Crippen molar-refractivity contribution in [1.29, 1.82) is 0 Å². The molecule has 0 aliphatic heterocycles. The highest BCUT2D eigenvalue weighted by molar-refractivity contribution is 5.95. The molecule has 0 spiro atoms. The van der Waals surface area contributed by atoms with Crippen molar-refractivity contribution in [3.05, 3.63) is 83.4 Å². The predicted molar refractivity (Wildman–Crippen MR) is 98.1 cm³/mol. The lowest BCUT2D eigenvalue weighted by Gasteiger charge is -2.10. The minimum atomic E-state index is -0.0188. The van der Waals surface area contributed by atoms with Gasteiger partial charge in [-0.25, -0.2) is 0 Å². The van der Waals surface area contributed by atoms with Crippen molar-refractivity contribution in [2.45, 2.75) is 13.3 Å². The minimum absolute atomic E-state index is 0.0188. The van der Waals surface area contributed by atoms with E-state index >= 15 is 0 Å². The zero-order valence-electron chi connectivity index (χ0n) is 13.7. The van der Waals surface area contributed by atoms with E-state index < -0.39 is 0 Å². The number of hydrogen-bond donors (Lipinski definition) is 1. The summed E-state index contributed by atoms with van der Waals surface area (Å²) in [6.45, 7) is 2.57. The Balaban J connectivity index is 1.73. The van der Waals surface area contributed by atoms with Crippen LogP contribution in [0.4, 0.5) is 0 Å². The van der Waals surface area contributed by atoms with Gasteiger partial charge in [0.15, 0.2) is 0 Å². The number of carbonyl (C=O) groups is 1. The summed E-state index contributed by atoms with van der Waals surface area (Å²) in [5.74, 6) is -0.0188. The SMILES string of the molecule is CCNC(=O)c1ccc(-c2cccc3c2Cc2ccccc2-3)cc1. The average molecular weight is 313 g/mol. The fourth-order valence-corrected chi connectivity index (χ4v) is 3.49. The first-order valence-electron chi connectivity index (χ1n) is 8.36. The van der Waals surface area contributed by atoms with Gasteiger partial charge in [0.2, 0.25) is 0 Å². The largest absolute Gasteiger partial charge is 0.352 e. The van der Waals surface area contributed by atoms with Crippen molar-refractivity contribution in [1.82, 2.24) is 5.32 Å². The summed E-state index contributed by atoms with van der Waals surface area (Å²) in [4.78, 5) is 11.9. The number of carbonyl (C=O) groups excluding carboxylic acids is 1. The first-order valence-corrected chi connectivity index (χ1v) is 8.36. The highest BCUT2D eigenvalue weighted by Gasteiger charge is 2.20. The van der Waals surface area contributed by atoms with Gasteiger partial charge >= 0.3 is 0 Å². The van der Waals surface area contributed by atoms with Crippen LogP contribution in [0.1, 0.15) is 28.4 Å². The zero-order chi connectivity index (χ0) is 16.5. The molecule has 1 aliphatic carbocycles. The van der Waals surface area contributed by atoms with Gasteiger partial charge in [-0.15, -0.1) is 0 Å². The topological polar surface area (TPSA) is 29.1 Å². The van der Waals surface area contributed by atoms with Gasteiger partial charge in [0.25, 0.3) is 5.91 Å². The first kappa shape index (κ1) is 14.7. The zero-order valence-corrected chi connectivity index (χ0v) is 13.7. The van der Waals surface area contributed by atoms with Crippen molar-refractivity contribution >= 4 is 5.91 Å². The van der Waals surface area contributed by atoms with E-state index in [1.54, 1.807) is 0 Å². The van der Waals surface area contributed by atoms with E-state index in [-0.39, 0.29) is 5.91 Å². The molecule has 0 radical (unpaired) electrons. The molecule has 0 atom stereocenters. The van der Waals surface area contributed by atoms with Crippen LogP contribution in [0.3, 0.4) is 0 Å². The molecule has 24 heavy (non-hydrogen) atoms. The first-order chi connectivity index (χ1) is 11.8. The average Bonchev–Trinajstić information content (AvgIpc) is 3.01. The van der Waals surface area contributed by atoms with Gasteiger partial charge in [-0.1, -0.05) is 54.6 Å². The Morgan fingerprint density at radius 2 is 1.58 bits per heavy atom. The summed E-state index contributed by atoms with van der Waals surface area (Å²) in [5.41, 5.74) is 8.56. The van der Waals surface area contributed by atoms with E-state index in [0.29, 0.717) is 12.1 Å². The van der Waals surface area contributed by atoms with E-state index in [4.69, 9.17) is 0 Å². The Kier molecular flexibility index (Phi) is 3.66. The lowest BCUT2D eigenvalue weighted by molar-refractivity contribution is 0.0956. The van der Waals surface area contributed by atoms with Crippen molar-refractivity contribution in [3.8, 4) is 22.3 Å². The van der Waals surface area contributed by atoms with Gasteiger partial charge in [0.1, 0.15) is 0 Å². The number of hydrogen-bond acceptors (Lipinski definition) is 1. The summed E-state index contributed by atoms with van der Waals surface area (Å²) in [5, 5.41) is 2.84. The normalized spacial score (nSPS) is 11.7.